The van der Waals surface area contributed by atoms with Crippen LogP contribution in [-0.2, 0) is 16.0 Å². The molecule has 0 amide bonds. The van der Waals surface area contributed by atoms with Crippen molar-refractivity contribution < 1.29 is 28.2 Å². The van der Waals surface area contributed by atoms with Crippen LogP contribution in [0, 0.1) is 18.6 Å². The van der Waals surface area contributed by atoms with Gasteiger partial charge in [0.25, 0.3) is 5.91 Å². The molecular weight excluding hydrogens is 416 g/mol. The molecule has 1 atom stereocenters. The predicted octanol–water partition coefficient (Wildman–Crippen LogP) is 5.16. The second-order valence-electron chi connectivity index (χ2n) is 7.01. The molecular formula is C22H20ClF2NO4. The van der Waals surface area contributed by atoms with Crippen molar-refractivity contribution in [1.29, 1.82) is 0 Å². The van der Waals surface area contributed by atoms with Crippen molar-refractivity contribution in [2.75, 3.05) is 0 Å². The van der Waals surface area contributed by atoms with Gasteiger partial charge in [0, 0.05) is 16.6 Å². The molecule has 1 aromatic heterocycles. The Morgan fingerprint density at radius 2 is 1.93 bits per heavy atom. The molecule has 0 aliphatic carbocycles. The van der Waals surface area contributed by atoms with Crippen LogP contribution < -0.4 is 0 Å². The van der Waals surface area contributed by atoms with Gasteiger partial charge in [0.1, 0.15) is 5.82 Å². The second-order valence-corrected chi connectivity index (χ2v) is 7.42. The zero-order valence-electron chi connectivity index (χ0n) is 16.6. The molecule has 30 heavy (non-hydrogen) atoms. The van der Waals surface area contributed by atoms with Gasteiger partial charge in [-0.3, -0.25) is 14.2 Å². The first-order valence-electron chi connectivity index (χ1n) is 9.36. The lowest BCUT2D eigenvalue weighted by molar-refractivity contribution is -0.147. The number of carbonyl (C=O) groups excluding carboxylic acids is 2. The van der Waals surface area contributed by atoms with Crippen molar-refractivity contribution in [2.24, 2.45) is 0 Å². The fourth-order valence-corrected chi connectivity index (χ4v) is 3.37. The highest BCUT2D eigenvalue weighted by molar-refractivity contribution is 6.30. The van der Waals surface area contributed by atoms with Crippen LogP contribution in [0.4, 0.5) is 8.78 Å². The zero-order chi connectivity index (χ0) is 22.2. The molecule has 0 aliphatic heterocycles. The summed E-state index contributed by atoms with van der Waals surface area (Å²) in [6, 6.07) is 6.08. The minimum absolute atomic E-state index is 0.000820. The number of rotatable bonds is 5. The molecule has 0 spiro atoms. The molecule has 0 fully saturated rings. The molecule has 1 N–H and O–H groups in total. The van der Waals surface area contributed by atoms with Gasteiger partial charge in [-0.15, -0.1) is 0 Å². The Kier molecular flexibility index (Phi) is 6.12. The minimum Gasteiger partial charge on any atom is -0.505 e. The van der Waals surface area contributed by atoms with E-state index in [-0.39, 0.29) is 45.3 Å². The smallest absolute Gasteiger partial charge is 0.310 e. The molecule has 2 aromatic carbocycles. The van der Waals surface area contributed by atoms with Crippen molar-refractivity contribution in [3.63, 3.8) is 0 Å². The number of aromatic nitrogens is 1. The third-order valence-corrected chi connectivity index (χ3v) is 5.32. The molecule has 3 aromatic rings. The van der Waals surface area contributed by atoms with E-state index in [0.29, 0.717) is 6.42 Å². The first kappa shape index (κ1) is 21.8. The molecule has 1 unspecified atom stereocenters. The van der Waals surface area contributed by atoms with Crippen molar-refractivity contribution in [3.8, 4) is 5.75 Å². The van der Waals surface area contributed by atoms with E-state index in [9.17, 15) is 23.5 Å². The van der Waals surface area contributed by atoms with E-state index in [2.05, 4.69) is 0 Å². The van der Waals surface area contributed by atoms with Gasteiger partial charge in [0.2, 0.25) is 0 Å². The van der Waals surface area contributed by atoms with E-state index in [1.54, 1.807) is 13.8 Å². The average Bonchev–Trinajstić information content (AvgIpc) is 2.98. The lowest BCUT2D eigenvalue weighted by Gasteiger charge is -2.11. The molecule has 0 saturated carbocycles. The maximum atomic E-state index is 14.8. The molecule has 0 aliphatic rings. The summed E-state index contributed by atoms with van der Waals surface area (Å²) in [5, 5.41) is 9.64. The Hall–Kier alpha value is -2.93. The van der Waals surface area contributed by atoms with Crippen LogP contribution in [0.3, 0.4) is 0 Å². The van der Waals surface area contributed by atoms with Gasteiger partial charge >= 0.3 is 5.97 Å². The number of halogens is 3. The summed E-state index contributed by atoms with van der Waals surface area (Å²) >= 11 is 5.69. The molecule has 5 nitrogen and oxygen atoms in total. The predicted molar refractivity (Wildman–Crippen MR) is 109 cm³/mol. The summed E-state index contributed by atoms with van der Waals surface area (Å²) in [6.45, 7) is 5.14. The number of ether oxygens (including phenoxy) is 1. The maximum Gasteiger partial charge on any atom is 0.310 e. The third-order valence-electron chi connectivity index (χ3n) is 5.01. The summed E-state index contributed by atoms with van der Waals surface area (Å²) in [5.74, 6) is -3.53. The molecule has 3 rings (SSSR count). The quantitative estimate of drug-likeness (QED) is 0.562. The van der Waals surface area contributed by atoms with Gasteiger partial charge in [-0.25, -0.2) is 8.78 Å². The van der Waals surface area contributed by atoms with Crippen LogP contribution in [0.1, 0.15) is 41.9 Å². The highest BCUT2D eigenvalue weighted by atomic mass is 35.5. The maximum absolute atomic E-state index is 14.8. The first-order valence-corrected chi connectivity index (χ1v) is 9.74. The van der Waals surface area contributed by atoms with E-state index in [1.807, 2.05) is 6.92 Å². The topological polar surface area (TPSA) is 68.5 Å². The number of aromatic hydroxyl groups is 1. The number of phenols is 1. The van der Waals surface area contributed by atoms with Crippen molar-refractivity contribution in [1.82, 2.24) is 4.57 Å². The Labute approximate surface area is 176 Å². The fraction of sp³-hybridized carbons (Fsp3) is 0.273. The first-order chi connectivity index (χ1) is 14.1. The van der Waals surface area contributed by atoms with Gasteiger partial charge in [-0.05, 0) is 56.2 Å². The van der Waals surface area contributed by atoms with Crippen LogP contribution >= 0.6 is 11.6 Å². The van der Waals surface area contributed by atoms with Gasteiger partial charge in [0.05, 0.1) is 23.1 Å². The van der Waals surface area contributed by atoms with E-state index in [0.717, 1.165) is 12.1 Å². The second kappa shape index (κ2) is 8.44. The Morgan fingerprint density at radius 3 is 2.57 bits per heavy atom. The fourth-order valence-electron chi connectivity index (χ4n) is 3.25. The summed E-state index contributed by atoms with van der Waals surface area (Å²) in [4.78, 5) is 25.5. The average molecular weight is 436 g/mol. The largest absolute Gasteiger partial charge is 0.505 e. The lowest BCUT2D eigenvalue weighted by Crippen LogP contribution is -2.17. The molecule has 158 valence electrons. The molecule has 8 heteroatoms. The van der Waals surface area contributed by atoms with E-state index < -0.39 is 29.3 Å². The molecule has 0 saturated heterocycles. The third kappa shape index (κ3) is 3.89. The summed E-state index contributed by atoms with van der Waals surface area (Å²) in [5.41, 5.74) is 0.652. The van der Waals surface area contributed by atoms with Crippen LogP contribution in [0.5, 0.6) is 5.75 Å². The monoisotopic (exact) mass is 435 g/mol. The Balaban J connectivity index is 2.17. The van der Waals surface area contributed by atoms with Gasteiger partial charge in [-0.1, -0.05) is 18.5 Å². The van der Waals surface area contributed by atoms with Crippen LogP contribution in [0.2, 0.25) is 5.02 Å². The number of hydrogen-bond donors (Lipinski definition) is 1. The number of hydrogen-bond acceptors (Lipinski definition) is 4. The lowest BCUT2D eigenvalue weighted by atomic mass is 10.1. The normalized spacial score (nSPS) is 12.2. The Morgan fingerprint density at radius 1 is 1.23 bits per heavy atom. The van der Waals surface area contributed by atoms with Crippen molar-refractivity contribution in [3.05, 3.63) is 63.8 Å². The highest BCUT2D eigenvalue weighted by Crippen LogP contribution is 2.34. The number of carbonyl (C=O) groups is 2. The SMILES string of the molecule is CCC(C)OC(=O)Cc1c(C)n(C(=O)c2ccc(Cl)c(F)c2)c2ccc(O)c(F)c12. The summed E-state index contributed by atoms with van der Waals surface area (Å²) in [6.07, 6.45) is 0.00737. The standard InChI is InChI=1S/C22H20ClF2NO4/c1-4-11(2)30-19(28)10-14-12(3)26(17-7-8-18(27)21(25)20(14)17)22(29)13-5-6-15(23)16(24)9-13/h5-9,11,27H,4,10H2,1-3H3. The van der Waals surface area contributed by atoms with E-state index in [4.69, 9.17) is 16.3 Å². The van der Waals surface area contributed by atoms with Gasteiger partial charge in [-0.2, -0.15) is 0 Å². The zero-order valence-corrected chi connectivity index (χ0v) is 17.4. The van der Waals surface area contributed by atoms with E-state index in [1.165, 1.54) is 22.8 Å². The van der Waals surface area contributed by atoms with Gasteiger partial charge in [0.15, 0.2) is 11.6 Å². The van der Waals surface area contributed by atoms with Crippen LogP contribution in [0.25, 0.3) is 10.9 Å². The number of nitrogens with zero attached hydrogens (tertiary/aromatic N) is 1. The van der Waals surface area contributed by atoms with E-state index >= 15 is 0 Å². The van der Waals surface area contributed by atoms with Crippen LogP contribution in [0.15, 0.2) is 30.3 Å². The Bertz CT molecular complexity index is 1160. The van der Waals surface area contributed by atoms with Crippen LogP contribution in [-0.4, -0.2) is 27.7 Å². The number of phenolic OH excluding ortho intramolecular Hbond substituents is 1. The summed E-state index contributed by atoms with van der Waals surface area (Å²) < 4.78 is 35.1. The van der Waals surface area contributed by atoms with Crippen molar-refractivity contribution >= 4 is 34.4 Å². The highest BCUT2D eigenvalue weighted by Gasteiger charge is 2.26. The minimum atomic E-state index is -0.948. The van der Waals surface area contributed by atoms with Crippen molar-refractivity contribution in [2.45, 2.75) is 39.7 Å². The number of esters is 1. The molecule has 0 bridgehead atoms. The summed E-state index contributed by atoms with van der Waals surface area (Å²) in [7, 11) is 0. The number of benzene rings is 2. The number of fused-ring (bicyclic) bond motifs is 1. The molecule has 0 radical (unpaired) electrons. The van der Waals surface area contributed by atoms with Gasteiger partial charge < -0.3 is 9.84 Å². The molecule has 1 heterocycles.